The zero-order chi connectivity index (χ0) is 11.3. The Balaban J connectivity index is 2.32. The third-order valence-corrected chi connectivity index (χ3v) is 3.94. The van der Waals surface area contributed by atoms with E-state index in [1.165, 1.54) is 6.08 Å². The van der Waals surface area contributed by atoms with Crippen LogP contribution in [-0.4, -0.2) is 12.0 Å². The standard InChI is InChI=1S/C11H13F3O/c1-2-8-5-7-3-4-10(8,6-7)9(15)11(12,13)14/h2,7-8H,1,3-6H2. The van der Waals surface area contributed by atoms with Crippen molar-refractivity contribution in [2.24, 2.45) is 17.3 Å². The van der Waals surface area contributed by atoms with E-state index in [2.05, 4.69) is 6.58 Å². The maximum absolute atomic E-state index is 12.5. The first-order chi connectivity index (χ1) is 6.90. The number of halogens is 3. The number of ketones is 1. The summed E-state index contributed by atoms with van der Waals surface area (Å²) in [7, 11) is 0. The second kappa shape index (κ2) is 3.09. The van der Waals surface area contributed by atoms with Crippen LogP contribution in [0.3, 0.4) is 0 Å². The number of carbonyl (C=O) groups is 1. The molecule has 2 bridgehead atoms. The molecule has 1 nitrogen and oxygen atoms in total. The van der Waals surface area contributed by atoms with Gasteiger partial charge in [-0.25, -0.2) is 0 Å². The number of rotatable bonds is 2. The average Bonchev–Trinajstić information content (AvgIpc) is 2.72. The van der Waals surface area contributed by atoms with Gasteiger partial charge in [0.05, 0.1) is 0 Å². The third kappa shape index (κ3) is 1.42. The number of hydrogen-bond acceptors (Lipinski definition) is 1. The van der Waals surface area contributed by atoms with Gasteiger partial charge in [0.1, 0.15) is 0 Å². The number of Topliss-reactive ketones (excluding diaryl/α,β-unsaturated/α-hetero) is 1. The van der Waals surface area contributed by atoms with Gasteiger partial charge in [-0.2, -0.15) is 13.2 Å². The van der Waals surface area contributed by atoms with Gasteiger partial charge in [-0.1, -0.05) is 6.08 Å². The predicted molar refractivity (Wildman–Crippen MR) is 49.1 cm³/mol. The molecule has 3 atom stereocenters. The lowest BCUT2D eigenvalue weighted by molar-refractivity contribution is -0.183. The molecule has 0 aliphatic heterocycles. The van der Waals surface area contributed by atoms with Gasteiger partial charge >= 0.3 is 6.18 Å². The van der Waals surface area contributed by atoms with E-state index in [9.17, 15) is 18.0 Å². The molecule has 0 N–H and O–H groups in total. The molecule has 0 radical (unpaired) electrons. The molecule has 2 rings (SSSR count). The topological polar surface area (TPSA) is 17.1 Å². The normalized spacial score (nSPS) is 39.4. The highest BCUT2D eigenvalue weighted by Crippen LogP contribution is 2.60. The Morgan fingerprint density at radius 1 is 1.47 bits per heavy atom. The zero-order valence-electron chi connectivity index (χ0n) is 8.31. The quantitative estimate of drug-likeness (QED) is 0.651. The molecule has 0 spiro atoms. The molecule has 3 unspecified atom stereocenters. The summed E-state index contributed by atoms with van der Waals surface area (Å²) < 4.78 is 37.4. The number of carbonyl (C=O) groups excluding carboxylic acids is 1. The van der Waals surface area contributed by atoms with Crippen LogP contribution in [0, 0.1) is 17.3 Å². The van der Waals surface area contributed by atoms with Crippen molar-refractivity contribution < 1.29 is 18.0 Å². The SMILES string of the molecule is C=CC1CC2CCC1(C(=O)C(F)(F)F)C2. The molecule has 0 aromatic heterocycles. The van der Waals surface area contributed by atoms with Gasteiger partial charge in [0.25, 0.3) is 0 Å². The first-order valence-electron chi connectivity index (χ1n) is 5.14. The minimum Gasteiger partial charge on any atom is -0.289 e. The number of fused-ring (bicyclic) bond motifs is 2. The van der Waals surface area contributed by atoms with Crippen LogP contribution in [0.1, 0.15) is 25.7 Å². The fourth-order valence-electron chi connectivity index (χ4n) is 3.28. The van der Waals surface area contributed by atoms with Crippen molar-refractivity contribution in [1.29, 1.82) is 0 Å². The van der Waals surface area contributed by atoms with E-state index in [0.29, 0.717) is 25.2 Å². The highest BCUT2D eigenvalue weighted by atomic mass is 19.4. The van der Waals surface area contributed by atoms with Crippen LogP contribution in [0.4, 0.5) is 13.2 Å². The Morgan fingerprint density at radius 3 is 2.60 bits per heavy atom. The van der Waals surface area contributed by atoms with Crippen LogP contribution in [0.25, 0.3) is 0 Å². The van der Waals surface area contributed by atoms with Crippen molar-refractivity contribution >= 4 is 5.78 Å². The third-order valence-electron chi connectivity index (χ3n) is 3.94. The first-order valence-corrected chi connectivity index (χ1v) is 5.14. The minimum atomic E-state index is -4.69. The molecular weight excluding hydrogens is 205 g/mol. The van der Waals surface area contributed by atoms with E-state index in [4.69, 9.17) is 0 Å². The van der Waals surface area contributed by atoms with Gasteiger partial charge in [-0.3, -0.25) is 4.79 Å². The summed E-state index contributed by atoms with van der Waals surface area (Å²) in [5, 5.41) is 0. The first kappa shape index (κ1) is 10.7. The number of alkyl halides is 3. The summed E-state index contributed by atoms with van der Waals surface area (Å²) >= 11 is 0. The van der Waals surface area contributed by atoms with Crippen LogP contribution < -0.4 is 0 Å². The maximum atomic E-state index is 12.5. The molecule has 2 aliphatic rings. The number of hydrogen-bond donors (Lipinski definition) is 0. The predicted octanol–water partition coefficient (Wildman–Crippen LogP) is 3.11. The van der Waals surface area contributed by atoms with Crippen LogP contribution in [-0.2, 0) is 4.79 Å². The summed E-state index contributed by atoms with van der Waals surface area (Å²) in [4.78, 5) is 11.4. The molecule has 84 valence electrons. The Labute approximate surface area is 86.3 Å². The lowest BCUT2D eigenvalue weighted by atomic mass is 9.71. The zero-order valence-corrected chi connectivity index (χ0v) is 8.31. The maximum Gasteiger partial charge on any atom is 0.450 e. The molecule has 0 heterocycles. The molecule has 0 amide bonds. The van der Waals surface area contributed by atoms with E-state index in [1.807, 2.05) is 0 Å². The second-order valence-electron chi connectivity index (χ2n) is 4.67. The van der Waals surface area contributed by atoms with Gasteiger partial charge < -0.3 is 0 Å². The minimum absolute atomic E-state index is 0.273. The van der Waals surface area contributed by atoms with E-state index in [1.54, 1.807) is 0 Å². The van der Waals surface area contributed by atoms with Crippen molar-refractivity contribution in [2.75, 3.05) is 0 Å². The van der Waals surface area contributed by atoms with Crippen molar-refractivity contribution in [1.82, 2.24) is 0 Å². The van der Waals surface area contributed by atoms with Crippen molar-refractivity contribution in [3.63, 3.8) is 0 Å². The van der Waals surface area contributed by atoms with Crippen LogP contribution in [0.2, 0.25) is 0 Å². The highest BCUT2D eigenvalue weighted by Gasteiger charge is 2.62. The largest absolute Gasteiger partial charge is 0.450 e. The molecule has 4 heteroatoms. The van der Waals surface area contributed by atoms with Crippen LogP contribution >= 0.6 is 0 Å². The lowest BCUT2D eigenvalue weighted by Gasteiger charge is -2.32. The molecule has 15 heavy (non-hydrogen) atoms. The van der Waals surface area contributed by atoms with Crippen molar-refractivity contribution in [2.45, 2.75) is 31.9 Å². The summed E-state index contributed by atoms with van der Waals surface area (Å²) in [6, 6.07) is 0. The molecule has 0 aromatic carbocycles. The molecule has 2 aliphatic carbocycles. The van der Waals surface area contributed by atoms with Gasteiger partial charge in [0.15, 0.2) is 0 Å². The van der Waals surface area contributed by atoms with E-state index in [-0.39, 0.29) is 5.92 Å². The Kier molecular flexibility index (Phi) is 2.21. The Morgan fingerprint density at radius 2 is 2.13 bits per heavy atom. The van der Waals surface area contributed by atoms with Crippen molar-refractivity contribution in [3.8, 4) is 0 Å². The molecule has 2 saturated carbocycles. The van der Waals surface area contributed by atoms with Gasteiger partial charge in [0, 0.05) is 5.41 Å². The lowest BCUT2D eigenvalue weighted by Crippen LogP contribution is -2.42. The van der Waals surface area contributed by atoms with Gasteiger partial charge in [-0.05, 0) is 37.5 Å². The Hall–Kier alpha value is -0.800. The average molecular weight is 218 g/mol. The van der Waals surface area contributed by atoms with Gasteiger partial charge in [0.2, 0.25) is 5.78 Å². The smallest absolute Gasteiger partial charge is 0.289 e. The Bertz CT molecular complexity index is 307. The van der Waals surface area contributed by atoms with Gasteiger partial charge in [-0.15, -0.1) is 6.58 Å². The van der Waals surface area contributed by atoms with Crippen LogP contribution in [0.5, 0.6) is 0 Å². The molecule has 0 aromatic rings. The van der Waals surface area contributed by atoms with E-state index in [0.717, 1.165) is 6.42 Å². The highest BCUT2D eigenvalue weighted by molar-refractivity contribution is 5.91. The number of allylic oxidation sites excluding steroid dienone is 1. The summed E-state index contributed by atoms with van der Waals surface area (Å²) in [5.41, 5.74) is -1.16. The molecule has 0 saturated heterocycles. The fraction of sp³-hybridized carbons (Fsp3) is 0.727. The second-order valence-corrected chi connectivity index (χ2v) is 4.67. The summed E-state index contributed by atoms with van der Waals surface area (Å²) in [5.74, 6) is -1.51. The molecule has 2 fully saturated rings. The summed E-state index contributed by atoms with van der Waals surface area (Å²) in [6.45, 7) is 3.55. The van der Waals surface area contributed by atoms with E-state index >= 15 is 0 Å². The summed E-state index contributed by atoms with van der Waals surface area (Å²) in [6.07, 6.45) is -0.921. The van der Waals surface area contributed by atoms with Crippen molar-refractivity contribution in [3.05, 3.63) is 12.7 Å². The molecular formula is C11H13F3O. The van der Waals surface area contributed by atoms with Crippen LogP contribution in [0.15, 0.2) is 12.7 Å². The van der Waals surface area contributed by atoms with E-state index < -0.39 is 17.4 Å². The fourth-order valence-corrected chi connectivity index (χ4v) is 3.28. The monoisotopic (exact) mass is 218 g/mol.